The largest absolute Gasteiger partial charge is 0.393 e. The second-order valence-corrected chi connectivity index (χ2v) is 5.78. The van der Waals surface area contributed by atoms with Gasteiger partial charge in [-0.15, -0.1) is 0 Å². The summed E-state index contributed by atoms with van der Waals surface area (Å²) in [6.45, 7) is 2.90. The average molecular weight is 298 g/mol. The van der Waals surface area contributed by atoms with E-state index in [2.05, 4.69) is 65.6 Å². The van der Waals surface area contributed by atoms with Crippen molar-refractivity contribution >= 4 is 17.2 Å². The van der Waals surface area contributed by atoms with Crippen LogP contribution in [0.15, 0.2) is 60.7 Å². The highest BCUT2D eigenvalue weighted by Crippen LogP contribution is 2.11. The normalized spacial score (nSPS) is 10.7. The predicted octanol–water partition coefficient (Wildman–Crippen LogP) is 3.76. The number of benzene rings is 2. The zero-order valence-corrected chi connectivity index (χ0v) is 13.1. The van der Waals surface area contributed by atoms with Crippen molar-refractivity contribution in [2.45, 2.75) is 25.9 Å². The number of hydrogen-bond acceptors (Lipinski definition) is 2. The zero-order valence-electron chi connectivity index (χ0n) is 12.2. The Labute approximate surface area is 132 Å². The molecule has 0 aromatic heterocycles. The summed E-state index contributed by atoms with van der Waals surface area (Å²) >= 11 is 4.97. The van der Waals surface area contributed by atoms with Crippen molar-refractivity contribution < 1.29 is 0 Å². The summed E-state index contributed by atoms with van der Waals surface area (Å²) in [5, 5.41) is 0. The van der Waals surface area contributed by atoms with Gasteiger partial charge in [0.2, 0.25) is 0 Å². The molecule has 0 saturated heterocycles. The van der Waals surface area contributed by atoms with Crippen molar-refractivity contribution in [3.8, 4) is 0 Å². The summed E-state index contributed by atoms with van der Waals surface area (Å²) < 4.78 is 0. The standard InChI is InChI=1S/C18H22N2S/c19-18(21)12-7-13-20(14-16-8-3-1-4-9-16)15-17-10-5-2-6-11-17/h1-6,8-11H,7,12-15H2,(H2,19,21). The van der Waals surface area contributed by atoms with Gasteiger partial charge in [0.25, 0.3) is 0 Å². The fourth-order valence-corrected chi connectivity index (χ4v) is 2.52. The Morgan fingerprint density at radius 3 is 1.76 bits per heavy atom. The minimum absolute atomic E-state index is 0.606. The van der Waals surface area contributed by atoms with Gasteiger partial charge in [0.15, 0.2) is 0 Å². The van der Waals surface area contributed by atoms with E-state index >= 15 is 0 Å². The summed E-state index contributed by atoms with van der Waals surface area (Å²) in [4.78, 5) is 3.05. The van der Waals surface area contributed by atoms with Gasteiger partial charge < -0.3 is 5.73 Å². The Kier molecular flexibility index (Phi) is 6.38. The quantitative estimate of drug-likeness (QED) is 0.753. The van der Waals surface area contributed by atoms with Gasteiger partial charge in [-0.3, -0.25) is 4.90 Å². The number of nitrogens with zero attached hydrogens (tertiary/aromatic N) is 1. The van der Waals surface area contributed by atoms with Gasteiger partial charge in [0, 0.05) is 13.1 Å². The SMILES string of the molecule is NC(=S)CCCN(Cc1ccccc1)Cc1ccccc1. The van der Waals surface area contributed by atoms with Crippen molar-refractivity contribution in [2.75, 3.05) is 6.54 Å². The molecule has 0 spiro atoms. The highest BCUT2D eigenvalue weighted by atomic mass is 32.1. The highest BCUT2D eigenvalue weighted by Gasteiger charge is 2.07. The average Bonchev–Trinajstić information content (AvgIpc) is 2.49. The van der Waals surface area contributed by atoms with E-state index < -0.39 is 0 Å². The monoisotopic (exact) mass is 298 g/mol. The van der Waals surface area contributed by atoms with E-state index in [4.69, 9.17) is 18.0 Å². The van der Waals surface area contributed by atoms with Crippen LogP contribution < -0.4 is 5.73 Å². The lowest BCUT2D eigenvalue weighted by Crippen LogP contribution is -2.25. The molecule has 2 aromatic rings. The third kappa shape index (κ3) is 6.06. The van der Waals surface area contributed by atoms with Crippen LogP contribution in [0.5, 0.6) is 0 Å². The maximum Gasteiger partial charge on any atom is 0.0727 e. The molecule has 0 heterocycles. The van der Waals surface area contributed by atoms with Crippen LogP contribution in [0.4, 0.5) is 0 Å². The molecule has 0 bridgehead atoms. The summed E-state index contributed by atoms with van der Waals surface area (Å²) in [5.41, 5.74) is 8.27. The van der Waals surface area contributed by atoms with Crippen LogP contribution in [0, 0.1) is 0 Å². The van der Waals surface area contributed by atoms with Gasteiger partial charge in [0.1, 0.15) is 0 Å². The van der Waals surface area contributed by atoms with Crippen molar-refractivity contribution in [2.24, 2.45) is 5.73 Å². The van der Waals surface area contributed by atoms with E-state index in [0.717, 1.165) is 32.5 Å². The molecular formula is C18H22N2S. The van der Waals surface area contributed by atoms with Crippen LogP contribution in [-0.2, 0) is 13.1 Å². The first-order valence-corrected chi connectivity index (χ1v) is 7.73. The Morgan fingerprint density at radius 1 is 0.857 bits per heavy atom. The molecule has 0 unspecified atom stereocenters. The van der Waals surface area contributed by atoms with Gasteiger partial charge in [-0.25, -0.2) is 0 Å². The van der Waals surface area contributed by atoms with Crippen LogP contribution in [0.3, 0.4) is 0 Å². The van der Waals surface area contributed by atoms with Crippen LogP contribution >= 0.6 is 12.2 Å². The van der Waals surface area contributed by atoms with Crippen molar-refractivity contribution in [3.05, 3.63) is 71.8 Å². The number of hydrogen-bond donors (Lipinski definition) is 1. The van der Waals surface area contributed by atoms with Crippen LogP contribution in [0.1, 0.15) is 24.0 Å². The molecule has 21 heavy (non-hydrogen) atoms. The van der Waals surface area contributed by atoms with E-state index in [0.29, 0.717) is 4.99 Å². The number of nitrogens with two attached hydrogens (primary N) is 1. The molecule has 2 nitrogen and oxygen atoms in total. The zero-order chi connectivity index (χ0) is 14.9. The molecule has 0 radical (unpaired) electrons. The van der Waals surface area contributed by atoms with E-state index in [1.54, 1.807) is 0 Å². The van der Waals surface area contributed by atoms with Crippen LogP contribution in [-0.4, -0.2) is 16.4 Å². The maximum absolute atomic E-state index is 5.60. The predicted molar refractivity (Wildman–Crippen MR) is 93.0 cm³/mol. The lowest BCUT2D eigenvalue weighted by Gasteiger charge is -2.22. The number of thiocarbonyl (C=S) groups is 1. The molecule has 110 valence electrons. The van der Waals surface area contributed by atoms with Gasteiger partial charge in [0.05, 0.1) is 4.99 Å². The van der Waals surface area contributed by atoms with E-state index in [1.807, 2.05) is 0 Å². The summed E-state index contributed by atoms with van der Waals surface area (Å²) in [6.07, 6.45) is 1.82. The third-order valence-corrected chi connectivity index (χ3v) is 3.60. The summed E-state index contributed by atoms with van der Waals surface area (Å²) in [6, 6.07) is 21.1. The molecule has 0 aliphatic rings. The molecular weight excluding hydrogens is 276 g/mol. The molecule has 0 amide bonds. The second kappa shape index (κ2) is 8.55. The first-order chi connectivity index (χ1) is 10.2. The first kappa shape index (κ1) is 15.7. The fraction of sp³-hybridized carbons (Fsp3) is 0.278. The smallest absolute Gasteiger partial charge is 0.0727 e. The molecule has 2 N–H and O–H groups in total. The Balaban J connectivity index is 1.97. The Bertz CT molecular complexity index is 498. The van der Waals surface area contributed by atoms with Gasteiger partial charge in [-0.2, -0.15) is 0 Å². The highest BCUT2D eigenvalue weighted by molar-refractivity contribution is 7.80. The fourth-order valence-electron chi connectivity index (χ4n) is 2.37. The van der Waals surface area contributed by atoms with Crippen molar-refractivity contribution in [1.29, 1.82) is 0 Å². The van der Waals surface area contributed by atoms with Gasteiger partial charge in [-0.05, 0) is 30.5 Å². The summed E-state index contributed by atoms with van der Waals surface area (Å²) in [7, 11) is 0. The minimum atomic E-state index is 0.606. The maximum atomic E-state index is 5.60. The minimum Gasteiger partial charge on any atom is -0.393 e. The second-order valence-electron chi connectivity index (χ2n) is 5.25. The molecule has 0 fully saturated rings. The van der Waals surface area contributed by atoms with E-state index in [1.165, 1.54) is 11.1 Å². The molecule has 2 aromatic carbocycles. The summed E-state index contributed by atoms with van der Waals surface area (Å²) in [5.74, 6) is 0. The Morgan fingerprint density at radius 2 is 1.33 bits per heavy atom. The van der Waals surface area contributed by atoms with Crippen molar-refractivity contribution in [1.82, 2.24) is 4.90 Å². The lowest BCUT2D eigenvalue weighted by atomic mass is 10.1. The first-order valence-electron chi connectivity index (χ1n) is 7.32. The van der Waals surface area contributed by atoms with E-state index in [-0.39, 0.29) is 0 Å². The molecule has 0 aliphatic carbocycles. The van der Waals surface area contributed by atoms with Crippen molar-refractivity contribution in [3.63, 3.8) is 0 Å². The van der Waals surface area contributed by atoms with E-state index in [9.17, 15) is 0 Å². The molecule has 0 atom stereocenters. The lowest BCUT2D eigenvalue weighted by molar-refractivity contribution is 0.255. The van der Waals surface area contributed by atoms with Crippen LogP contribution in [0.2, 0.25) is 0 Å². The third-order valence-electron chi connectivity index (χ3n) is 3.40. The molecule has 2 rings (SSSR count). The van der Waals surface area contributed by atoms with Gasteiger partial charge >= 0.3 is 0 Å². The molecule has 0 aliphatic heterocycles. The number of rotatable bonds is 8. The topological polar surface area (TPSA) is 29.3 Å². The van der Waals surface area contributed by atoms with Crippen LogP contribution in [0.25, 0.3) is 0 Å². The van der Waals surface area contributed by atoms with Gasteiger partial charge in [-0.1, -0.05) is 72.9 Å². The molecule has 3 heteroatoms. The Hall–Kier alpha value is -1.71. The molecule has 0 saturated carbocycles.